The molecule has 0 unspecified atom stereocenters. The lowest BCUT2D eigenvalue weighted by atomic mass is 10.3. The molecule has 0 N–H and O–H groups in total. The summed E-state index contributed by atoms with van der Waals surface area (Å²) >= 11 is 0. The van der Waals surface area contributed by atoms with E-state index in [1.54, 1.807) is 0 Å². The molecule has 0 aliphatic heterocycles. The smallest absolute Gasteiger partial charge is 0.119 e. The van der Waals surface area contributed by atoms with Gasteiger partial charge in [-0.05, 0) is 25.0 Å². The summed E-state index contributed by atoms with van der Waals surface area (Å²) in [5.74, 6) is 0.949. The van der Waals surface area contributed by atoms with Crippen molar-refractivity contribution in [3.05, 3.63) is 42.5 Å². The first-order valence-corrected chi connectivity index (χ1v) is 10.7. The van der Waals surface area contributed by atoms with Gasteiger partial charge in [0.2, 0.25) is 0 Å². The molecule has 0 aromatic heterocycles. The highest BCUT2D eigenvalue weighted by Gasteiger charge is 2.11. The predicted octanol–water partition coefficient (Wildman–Crippen LogP) is 4.30. The van der Waals surface area contributed by atoms with Gasteiger partial charge in [0.05, 0.1) is 21.3 Å². The number of ether oxygens (including phenoxy) is 2. The first kappa shape index (κ1) is 16.0. The number of benzene rings is 1. The zero-order valence-corrected chi connectivity index (χ0v) is 13.4. The van der Waals surface area contributed by atoms with Crippen LogP contribution < -0.4 is 4.74 Å². The van der Waals surface area contributed by atoms with Gasteiger partial charge < -0.3 is 9.47 Å². The molecule has 0 radical (unpaired) electrons. The van der Waals surface area contributed by atoms with E-state index < -0.39 is 8.07 Å². The molecule has 0 aliphatic rings. The maximum absolute atomic E-state index is 5.62. The third-order valence-electron chi connectivity index (χ3n) is 2.44. The summed E-state index contributed by atoms with van der Waals surface area (Å²) in [6.45, 7) is 8.46. The van der Waals surface area contributed by atoms with Crippen molar-refractivity contribution in [1.82, 2.24) is 0 Å². The molecule has 106 valence electrons. The minimum atomic E-state index is -1.05. The number of allylic oxidation sites excluding steroid dienone is 1. The lowest BCUT2D eigenvalue weighted by Crippen LogP contribution is -2.28. The molecule has 3 heteroatoms. The molecule has 0 saturated heterocycles. The average molecular weight is 278 g/mol. The summed E-state index contributed by atoms with van der Waals surface area (Å²) in [7, 11) is -1.05. The van der Waals surface area contributed by atoms with Gasteiger partial charge in [-0.2, -0.15) is 0 Å². The fourth-order valence-corrected chi connectivity index (χ4v) is 2.26. The summed E-state index contributed by atoms with van der Waals surface area (Å²) in [5.41, 5.74) is 0. The van der Waals surface area contributed by atoms with Crippen LogP contribution in [0, 0.1) is 0 Å². The van der Waals surface area contributed by atoms with E-state index in [9.17, 15) is 0 Å². The molecule has 2 nitrogen and oxygen atoms in total. The van der Waals surface area contributed by atoms with E-state index in [4.69, 9.17) is 9.47 Å². The molecule has 0 saturated carbocycles. The SMILES string of the molecule is C[Si](C)(C)COC/C=C/CCCOc1ccccc1. The molecule has 1 aromatic carbocycles. The maximum atomic E-state index is 5.62. The highest BCUT2D eigenvalue weighted by atomic mass is 28.3. The fourth-order valence-electron chi connectivity index (χ4n) is 1.53. The molecule has 0 aliphatic carbocycles. The van der Waals surface area contributed by atoms with Gasteiger partial charge in [-0.25, -0.2) is 0 Å². The van der Waals surface area contributed by atoms with E-state index in [2.05, 4.69) is 31.8 Å². The molecule has 0 bridgehead atoms. The summed E-state index contributed by atoms with van der Waals surface area (Å²) in [5, 5.41) is 0. The van der Waals surface area contributed by atoms with Crippen LogP contribution in [0.4, 0.5) is 0 Å². The zero-order valence-electron chi connectivity index (χ0n) is 12.4. The van der Waals surface area contributed by atoms with E-state index in [1.165, 1.54) is 0 Å². The third kappa shape index (κ3) is 9.51. The van der Waals surface area contributed by atoms with E-state index in [-0.39, 0.29) is 0 Å². The first-order valence-electron chi connectivity index (χ1n) is 6.98. The van der Waals surface area contributed by atoms with Crippen molar-refractivity contribution < 1.29 is 9.47 Å². The third-order valence-corrected chi connectivity index (χ3v) is 3.51. The minimum absolute atomic E-state index is 0.740. The molecule has 1 aromatic rings. The van der Waals surface area contributed by atoms with Crippen molar-refractivity contribution in [2.45, 2.75) is 32.5 Å². The zero-order chi connectivity index (χ0) is 14.0. The monoisotopic (exact) mass is 278 g/mol. The van der Waals surface area contributed by atoms with Crippen molar-refractivity contribution in [2.24, 2.45) is 0 Å². The van der Waals surface area contributed by atoms with Crippen molar-refractivity contribution in [1.29, 1.82) is 0 Å². The van der Waals surface area contributed by atoms with Crippen molar-refractivity contribution >= 4 is 8.07 Å². The van der Waals surface area contributed by atoms with Crippen molar-refractivity contribution in [3.63, 3.8) is 0 Å². The quantitative estimate of drug-likeness (QED) is 0.381. The largest absolute Gasteiger partial charge is 0.494 e. The Morgan fingerprint density at radius 3 is 2.47 bits per heavy atom. The van der Waals surface area contributed by atoms with Gasteiger partial charge >= 0.3 is 0 Å². The summed E-state index contributed by atoms with van der Waals surface area (Å²) in [6, 6.07) is 9.95. The van der Waals surface area contributed by atoms with Crippen LogP contribution in [-0.2, 0) is 4.74 Å². The Bertz CT molecular complexity index is 355. The minimum Gasteiger partial charge on any atom is -0.494 e. The van der Waals surface area contributed by atoms with Gasteiger partial charge in [0.25, 0.3) is 0 Å². The van der Waals surface area contributed by atoms with E-state index in [0.29, 0.717) is 0 Å². The highest BCUT2D eigenvalue weighted by Crippen LogP contribution is 2.08. The van der Waals surface area contributed by atoms with Gasteiger partial charge in [0, 0.05) is 6.23 Å². The van der Waals surface area contributed by atoms with Crippen LogP contribution in [0.3, 0.4) is 0 Å². The lowest BCUT2D eigenvalue weighted by Gasteiger charge is -2.14. The second-order valence-electron chi connectivity index (χ2n) is 5.85. The van der Waals surface area contributed by atoms with Gasteiger partial charge in [-0.15, -0.1) is 0 Å². The summed E-state index contributed by atoms with van der Waals surface area (Å²) < 4.78 is 11.2. The molecular weight excluding hydrogens is 252 g/mol. The Morgan fingerprint density at radius 1 is 1.05 bits per heavy atom. The Labute approximate surface area is 118 Å². The number of hydrogen-bond acceptors (Lipinski definition) is 2. The maximum Gasteiger partial charge on any atom is 0.119 e. The number of para-hydroxylation sites is 1. The van der Waals surface area contributed by atoms with E-state index in [0.717, 1.165) is 38.0 Å². The number of unbranched alkanes of at least 4 members (excludes halogenated alkanes) is 1. The van der Waals surface area contributed by atoms with Crippen LogP contribution in [0.5, 0.6) is 5.75 Å². The van der Waals surface area contributed by atoms with E-state index in [1.807, 2.05) is 30.3 Å². The Morgan fingerprint density at radius 2 is 1.79 bits per heavy atom. The molecular formula is C16H26O2Si. The van der Waals surface area contributed by atoms with Gasteiger partial charge in [-0.1, -0.05) is 50.0 Å². The summed E-state index contributed by atoms with van der Waals surface area (Å²) in [4.78, 5) is 0. The van der Waals surface area contributed by atoms with Crippen LogP contribution in [0.15, 0.2) is 42.5 Å². The second-order valence-corrected chi connectivity index (χ2v) is 11.3. The van der Waals surface area contributed by atoms with Crippen molar-refractivity contribution in [2.75, 3.05) is 19.4 Å². The van der Waals surface area contributed by atoms with Crippen LogP contribution >= 0.6 is 0 Å². The molecule has 0 atom stereocenters. The Hall–Kier alpha value is -1.06. The molecule has 0 spiro atoms. The molecule has 0 fully saturated rings. The average Bonchev–Trinajstić information content (AvgIpc) is 2.37. The number of rotatable bonds is 9. The standard InChI is InChI=1S/C16H26O2Si/c1-19(2,3)15-17-13-9-4-5-10-14-18-16-11-7-6-8-12-16/h4,6-9,11-12H,5,10,13-15H2,1-3H3/b9-4+. The Kier molecular flexibility index (Phi) is 7.52. The predicted molar refractivity (Wildman–Crippen MR) is 84.5 cm³/mol. The van der Waals surface area contributed by atoms with Crippen LogP contribution in [0.2, 0.25) is 19.6 Å². The van der Waals surface area contributed by atoms with Gasteiger partial charge in [0.1, 0.15) is 5.75 Å². The van der Waals surface area contributed by atoms with Crippen molar-refractivity contribution in [3.8, 4) is 5.75 Å². The molecule has 0 amide bonds. The topological polar surface area (TPSA) is 18.5 Å². The first-order chi connectivity index (χ1) is 9.08. The van der Waals surface area contributed by atoms with Crippen LogP contribution in [-0.4, -0.2) is 27.5 Å². The van der Waals surface area contributed by atoms with Gasteiger partial charge in [0.15, 0.2) is 0 Å². The molecule has 0 heterocycles. The van der Waals surface area contributed by atoms with Crippen LogP contribution in [0.25, 0.3) is 0 Å². The lowest BCUT2D eigenvalue weighted by molar-refractivity contribution is 0.205. The fraction of sp³-hybridized carbons (Fsp3) is 0.500. The summed E-state index contributed by atoms with van der Waals surface area (Å²) in [6.07, 6.45) is 7.32. The second kappa shape index (κ2) is 8.94. The normalized spacial score (nSPS) is 11.9. The Balaban J connectivity index is 1.96. The molecule has 1 rings (SSSR count). The van der Waals surface area contributed by atoms with Gasteiger partial charge in [-0.3, -0.25) is 0 Å². The van der Waals surface area contributed by atoms with E-state index >= 15 is 0 Å². The highest BCUT2D eigenvalue weighted by molar-refractivity contribution is 6.76. The molecule has 19 heavy (non-hydrogen) atoms. The number of hydrogen-bond donors (Lipinski definition) is 0. The van der Waals surface area contributed by atoms with Crippen LogP contribution in [0.1, 0.15) is 12.8 Å².